The monoisotopic (exact) mass is 362 g/mol. The van der Waals surface area contributed by atoms with Crippen molar-refractivity contribution in [3.63, 3.8) is 0 Å². The molecule has 1 aromatic carbocycles. The van der Waals surface area contributed by atoms with Gasteiger partial charge in [-0.05, 0) is 18.2 Å². The average Bonchev–Trinajstić information content (AvgIpc) is 2.57. The third-order valence-electron chi connectivity index (χ3n) is 2.94. The summed E-state index contributed by atoms with van der Waals surface area (Å²) in [4.78, 5) is 23.7. The van der Waals surface area contributed by atoms with Crippen molar-refractivity contribution in [2.75, 3.05) is 5.32 Å². The van der Waals surface area contributed by atoms with Crippen LogP contribution in [0.3, 0.4) is 0 Å². The molecular weight excluding hydrogens is 354 g/mol. The van der Waals surface area contributed by atoms with Gasteiger partial charge in [-0.25, -0.2) is 8.78 Å². The van der Waals surface area contributed by atoms with Crippen LogP contribution in [-0.2, 0) is 0 Å². The summed E-state index contributed by atoms with van der Waals surface area (Å²) in [6, 6.07) is 4.68. The highest BCUT2D eigenvalue weighted by Crippen LogP contribution is 2.20. The maximum Gasteiger partial charge on any atom is 0.256 e. The maximum absolute atomic E-state index is 13.1. The summed E-state index contributed by atoms with van der Waals surface area (Å²) in [6.07, 6.45) is 4.91. The standard InChI is InChI=1S/C16H9ClF2N4O2/c17-12-3-9(1-2-13(12)19)16(24)23-14-7-21-8-15(22-14)25-11-4-10(18)5-20-6-11/h1-8H,(H,22,23,24). The van der Waals surface area contributed by atoms with Crippen LogP contribution in [0.4, 0.5) is 14.6 Å². The number of carbonyl (C=O) groups is 1. The highest BCUT2D eigenvalue weighted by atomic mass is 35.5. The molecule has 0 saturated heterocycles. The van der Waals surface area contributed by atoms with Crippen molar-refractivity contribution in [2.24, 2.45) is 0 Å². The molecule has 9 heteroatoms. The second-order valence-electron chi connectivity index (χ2n) is 4.77. The Morgan fingerprint density at radius 1 is 1.08 bits per heavy atom. The van der Waals surface area contributed by atoms with Crippen LogP contribution in [0.25, 0.3) is 0 Å². The first-order chi connectivity index (χ1) is 12.0. The van der Waals surface area contributed by atoms with Gasteiger partial charge in [0.05, 0.1) is 29.8 Å². The Bertz CT molecular complexity index is 940. The fraction of sp³-hybridized carbons (Fsp3) is 0. The van der Waals surface area contributed by atoms with E-state index in [1.807, 2.05) is 0 Å². The molecule has 0 fully saturated rings. The Kier molecular flexibility index (Phi) is 4.80. The van der Waals surface area contributed by atoms with E-state index in [0.717, 1.165) is 18.3 Å². The van der Waals surface area contributed by atoms with Crippen LogP contribution in [0.1, 0.15) is 10.4 Å². The van der Waals surface area contributed by atoms with E-state index < -0.39 is 17.5 Å². The predicted octanol–water partition coefficient (Wildman–Crippen LogP) is 3.85. The Morgan fingerprint density at radius 3 is 2.64 bits per heavy atom. The fourth-order valence-corrected chi connectivity index (χ4v) is 2.03. The number of benzene rings is 1. The fourth-order valence-electron chi connectivity index (χ4n) is 1.85. The van der Waals surface area contributed by atoms with Crippen LogP contribution in [0.15, 0.2) is 49.1 Å². The summed E-state index contributed by atoms with van der Waals surface area (Å²) in [5, 5.41) is 2.31. The number of nitrogens with zero attached hydrogens (tertiary/aromatic N) is 3. The lowest BCUT2D eigenvalue weighted by molar-refractivity contribution is 0.102. The zero-order valence-electron chi connectivity index (χ0n) is 12.4. The zero-order valence-corrected chi connectivity index (χ0v) is 13.2. The number of amides is 1. The largest absolute Gasteiger partial charge is 0.436 e. The van der Waals surface area contributed by atoms with Gasteiger partial charge < -0.3 is 10.1 Å². The van der Waals surface area contributed by atoms with Gasteiger partial charge >= 0.3 is 0 Å². The smallest absolute Gasteiger partial charge is 0.256 e. The van der Waals surface area contributed by atoms with Crippen LogP contribution in [-0.4, -0.2) is 20.9 Å². The lowest BCUT2D eigenvalue weighted by Gasteiger charge is -2.07. The van der Waals surface area contributed by atoms with E-state index in [0.29, 0.717) is 0 Å². The molecule has 0 bridgehead atoms. The van der Waals surface area contributed by atoms with Crippen molar-refractivity contribution >= 4 is 23.3 Å². The summed E-state index contributed by atoms with van der Waals surface area (Å²) in [6.45, 7) is 0. The van der Waals surface area contributed by atoms with Crippen molar-refractivity contribution < 1.29 is 18.3 Å². The van der Waals surface area contributed by atoms with Gasteiger partial charge in [0.2, 0.25) is 5.88 Å². The summed E-state index contributed by atoms with van der Waals surface area (Å²) < 4.78 is 31.6. The molecule has 6 nitrogen and oxygen atoms in total. The van der Waals surface area contributed by atoms with Gasteiger partial charge in [-0.1, -0.05) is 11.6 Å². The van der Waals surface area contributed by atoms with Crippen molar-refractivity contribution in [1.29, 1.82) is 0 Å². The molecule has 0 unspecified atom stereocenters. The van der Waals surface area contributed by atoms with Crippen LogP contribution in [0, 0.1) is 11.6 Å². The van der Waals surface area contributed by atoms with Crippen molar-refractivity contribution in [3.05, 3.63) is 71.3 Å². The van der Waals surface area contributed by atoms with Crippen molar-refractivity contribution in [2.45, 2.75) is 0 Å². The molecule has 0 aliphatic heterocycles. The number of rotatable bonds is 4. The van der Waals surface area contributed by atoms with E-state index in [1.54, 1.807) is 0 Å². The normalized spacial score (nSPS) is 10.4. The topological polar surface area (TPSA) is 77.0 Å². The third-order valence-corrected chi connectivity index (χ3v) is 3.23. The van der Waals surface area contributed by atoms with Gasteiger partial charge in [0.15, 0.2) is 11.6 Å². The number of anilines is 1. The SMILES string of the molecule is O=C(Nc1cncc(Oc2cncc(F)c2)n1)c1ccc(F)c(Cl)c1. The number of nitrogens with one attached hydrogen (secondary N) is 1. The molecule has 1 amide bonds. The van der Waals surface area contributed by atoms with Crippen LogP contribution < -0.4 is 10.1 Å². The Morgan fingerprint density at radius 2 is 1.88 bits per heavy atom. The predicted molar refractivity (Wildman–Crippen MR) is 85.7 cm³/mol. The first-order valence-electron chi connectivity index (χ1n) is 6.88. The van der Waals surface area contributed by atoms with Crippen LogP contribution >= 0.6 is 11.6 Å². The molecule has 0 radical (unpaired) electrons. The molecule has 0 aliphatic rings. The number of pyridine rings is 1. The lowest BCUT2D eigenvalue weighted by atomic mass is 10.2. The minimum absolute atomic E-state index is 0.0299. The molecule has 3 aromatic rings. The molecule has 0 saturated carbocycles. The molecule has 1 N–H and O–H groups in total. The van der Waals surface area contributed by atoms with Gasteiger partial charge in [0, 0.05) is 11.6 Å². The number of hydrogen-bond acceptors (Lipinski definition) is 5. The lowest BCUT2D eigenvalue weighted by Crippen LogP contribution is -2.13. The molecule has 3 rings (SSSR count). The number of hydrogen-bond donors (Lipinski definition) is 1. The minimum Gasteiger partial charge on any atom is -0.436 e. The van der Waals surface area contributed by atoms with Gasteiger partial charge in [-0.3, -0.25) is 14.8 Å². The average molecular weight is 363 g/mol. The summed E-state index contributed by atoms with van der Waals surface area (Å²) in [5.74, 6) is -1.50. The number of ether oxygens (including phenoxy) is 1. The molecule has 0 spiro atoms. The first kappa shape index (κ1) is 16.7. The van der Waals surface area contributed by atoms with E-state index in [-0.39, 0.29) is 28.0 Å². The number of halogens is 3. The third kappa shape index (κ3) is 4.24. The van der Waals surface area contributed by atoms with Crippen LogP contribution in [0.5, 0.6) is 11.6 Å². The molecule has 2 aromatic heterocycles. The maximum atomic E-state index is 13.1. The van der Waals surface area contributed by atoms with E-state index in [2.05, 4.69) is 20.3 Å². The van der Waals surface area contributed by atoms with Gasteiger partial charge in [-0.2, -0.15) is 4.98 Å². The quantitative estimate of drug-likeness (QED) is 0.762. The Hall–Kier alpha value is -3.13. The summed E-state index contributed by atoms with van der Waals surface area (Å²) >= 11 is 5.65. The Labute approximate surface area is 145 Å². The minimum atomic E-state index is -0.628. The van der Waals surface area contributed by atoms with Gasteiger partial charge in [0.25, 0.3) is 5.91 Å². The summed E-state index contributed by atoms with van der Waals surface area (Å²) in [7, 11) is 0. The molecule has 0 atom stereocenters. The molecule has 25 heavy (non-hydrogen) atoms. The van der Waals surface area contributed by atoms with Crippen LogP contribution in [0.2, 0.25) is 5.02 Å². The van der Waals surface area contributed by atoms with Crippen molar-refractivity contribution in [3.8, 4) is 11.6 Å². The second kappa shape index (κ2) is 7.18. The van der Waals surface area contributed by atoms with E-state index in [1.165, 1.54) is 30.7 Å². The van der Waals surface area contributed by atoms with E-state index in [9.17, 15) is 13.6 Å². The van der Waals surface area contributed by atoms with Crippen molar-refractivity contribution in [1.82, 2.24) is 15.0 Å². The highest BCUT2D eigenvalue weighted by Gasteiger charge is 2.11. The highest BCUT2D eigenvalue weighted by molar-refractivity contribution is 6.31. The molecular formula is C16H9ClF2N4O2. The molecule has 2 heterocycles. The van der Waals surface area contributed by atoms with E-state index >= 15 is 0 Å². The molecule has 126 valence electrons. The molecule has 0 aliphatic carbocycles. The van der Waals surface area contributed by atoms with Gasteiger partial charge in [0.1, 0.15) is 11.6 Å². The number of carbonyl (C=O) groups excluding carboxylic acids is 1. The first-order valence-corrected chi connectivity index (χ1v) is 7.26. The Balaban J connectivity index is 1.75. The van der Waals surface area contributed by atoms with E-state index in [4.69, 9.17) is 16.3 Å². The summed E-state index contributed by atoms with van der Waals surface area (Å²) in [5.41, 5.74) is 0.147. The number of aromatic nitrogens is 3. The zero-order chi connectivity index (χ0) is 17.8. The van der Waals surface area contributed by atoms with Gasteiger partial charge in [-0.15, -0.1) is 0 Å². The second-order valence-corrected chi connectivity index (χ2v) is 5.17.